The van der Waals surface area contributed by atoms with Crippen LogP contribution < -0.4 is 5.32 Å². The summed E-state index contributed by atoms with van der Waals surface area (Å²) in [5.41, 5.74) is 2.31. The topological polar surface area (TPSA) is 49.4 Å². The first-order chi connectivity index (χ1) is 11.9. The summed E-state index contributed by atoms with van der Waals surface area (Å²) in [6, 6.07) is 7.98. The van der Waals surface area contributed by atoms with Crippen LogP contribution in [0, 0.1) is 5.92 Å². The van der Waals surface area contributed by atoms with E-state index < -0.39 is 0 Å². The summed E-state index contributed by atoms with van der Waals surface area (Å²) in [5.74, 6) is 0.975. The normalized spacial score (nSPS) is 18.4. The minimum Gasteiger partial charge on any atom is -0.353 e. The lowest BCUT2D eigenvalue weighted by molar-refractivity contribution is -0.139. The average molecular weight is 363 g/mol. The minimum absolute atomic E-state index is 0.0418. The van der Waals surface area contributed by atoms with Gasteiger partial charge in [-0.05, 0) is 43.2 Å². The lowest BCUT2D eigenvalue weighted by Crippen LogP contribution is -2.47. The van der Waals surface area contributed by atoms with Gasteiger partial charge in [0.25, 0.3) is 0 Å². The number of hydrogen-bond donors (Lipinski definition) is 2. The first-order valence-corrected chi connectivity index (χ1v) is 9.85. The molecular formula is C20H30N2O2S. The van der Waals surface area contributed by atoms with Gasteiger partial charge >= 0.3 is 0 Å². The third-order valence-electron chi connectivity index (χ3n) is 4.74. The van der Waals surface area contributed by atoms with E-state index in [1.165, 1.54) is 5.56 Å². The van der Waals surface area contributed by atoms with Crippen LogP contribution in [0.25, 0.3) is 0 Å². The van der Waals surface area contributed by atoms with Crippen LogP contribution >= 0.6 is 12.6 Å². The molecule has 0 aromatic heterocycles. The number of carbonyl (C=O) groups excluding carboxylic acids is 2. The number of nitrogens with one attached hydrogen (secondary N) is 1. The van der Waals surface area contributed by atoms with Crippen molar-refractivity contribution in [2.45, 2.75) is 52.0 Å². The van der Waals surface area contributed by atoms with Crippen LogP contribution in [0.4, 0.5) is 0 Å². The molecule has 2 rings (SSSR count). The molecule has 1 aromatic carbocycles. The third kappa shape index (κ3) is 5.24. The van der Waals surface area contributed by atoms with Gasteiger partial charge in [-0.25, -0.2) is 0 Å². The zero-order chi connectivity index (χ0) is 18.4. The summed E-state index contributed by atoms with van der Waals surface area (Å²) >= 11 is 4.11. The Hall–Kier alpha value is -1.49. The van der Waals surface area contributed by atoms with Gasteiger partial charge in [0.2, 0.25) is 11.8 Å². The lowest BCUT2D eigenvalue weighted by atomic mass is 9.95. The maximum absolute atomic E-state index is 12.9. The van der Waals surface area contributed by atoms with E-state index in [9.17, 15) is 9.59 Å². The van der Waals surface area contributed by atoms with Gasteiger partial charge in [0.15, 0.2) is 0 Å². The number of hydrogen-bond acceptors (Lipinski definition) is 3. The first kappa shape index (κ1) is 19.8. The maximum Gasteiger partial charge on any atom is 0.242 e. The Labute approximate surface area is 156 Å². The highest BCUT2D eigenvalue weighted by Gasteiger charge is 2.35. The van der Waals surface area contributed by atoms with Crippen LogP contribution in [-0.4, -0.2) is 41.6 Å². The van der Waals surface area contributed by atoms with Gasteiger partial charge in [-0.15, -0.1) is 0 Å². The summed E-state index contributed by atoms with van der Waals surface area (Å²) < 4.78 is 0. The van der Waals surface area contributed by atoms with Crippen LogP contribution in [0.5, 0.6) is 0 Å². The molecule has 0 bridgehead atoms. The molecular weight excluding hydrogens is 332 g/mol. The molecule has 0 spiro atoms. The predicted octanol–water partition coefficient (Wildman–Crippen LogP) is 3.03. The Bertz CT molecular complexity index is 586. The summed E-state index contributed by atoms with van der Waals surface area (Å²) in [4.78, 5) is 27.0. The summed E-state index contributed by atoms with van der Waals surface area (Å²) in [7, 11) is 0. The smallest absolute Gasteiger partial charge is 0.242 e. The van der Waals surface area contributed by atoms with E-state index in [-0.39, 0.29) is 23.8 Å². The van der Waals surface area contributed by atoms with Crippen molar-refractivity contribution in [1.29, 1.82) is 0 Å². The molecule has 0 saturated carbocycles. The molecule has 1 saturated heterocycles. The van der Waals surface area contributed by atoms with Crippen molar-refractivity contribution < 1.29 is 9.59 Å². The highest BCUT2D eigenvalue weighted by Crippen LogP contribution is 2.25. The Balaban J connectivity index is 2.04. The van der Waals surface area contributed by atoms with Gasteiger partial charge in [0.1, 0.15) is 6.04 Å². The van der Waals surface area contributed by atoms with Crippen molar-refractivity contribution in [2.24, 2.45) is 5.92 Å². The zero-order valence-corrected chi connectivity index (χ0v) is 16.4. The number of thiol groups is 1. The van der Waals surface area contributed by atoms with Gasteiger partial charge < -0.3 is 10.2 Å². The molecule has 2 atom stereocenters. The predicted molar refractivity (Wildman–Crippen MR) is 105 cm³/mol. The fourth-order valence-electron chi connectivity index (χ4n) is 3.41. The van der Waals surface area contributed by atoms with E-state index in [4.69, 9.17) is 0 Å². The molecule has 0 radical (unpaired) electrons. The van der Waals surface area contributed by atoms with E-state index in [1.807, 2.05) is 19.1 Å². The van der Waals surface area contributed by atoms with Crippen molar-refractivity contribution in [3.05, 3.63) is 35.4 Å². The Morgan fingerprint density at radius 2 is 1.92 bits per heavy atom. The van der Waals surface area contributed by atoms with Crippen LogP contribution in [0.2, 0.25) is 0 Å². The second-order valence-electron chi connectivity index (χ2n) is 7.27. The summed E-state index contributed by atoms with van der Waals surface area (Å²) in [5, 5.41) is 2.85. The fourth-order valence-corrected chi connectivity index (χ4v) is 3.52. The molecule has 1 N–H and O–H groups in total. The van der Waals surface area contributed by atoms with Crippen molar-refractivity contribution in [3.63, 3.8) is 0 Å². The number of likely N-dealkylation sites (tertiary alicyclic amines) is 1. The molecule has 1 heterocycles. The molecule has 4 nitrogen and oxygen atoms in total. The van der Waals surface area contributed by atoms with E-state index in [0.717, 1.165) is 24.8 Å². The Kier molecular flexibility index (Phi) is 7.36. The van der Waals surface area contributed by atoms with E-state index in [0.29, 0.717) is 24.8 Å². The molecule has 25 heavy (non-hydrogen) atoms. The highest BCUT2D eigenvalue weighted by molar-refractivity contribution is 7.80. The van der Waals surface area contributed by atoms with Crippen molar-refractivity contribution in [2.75, 3.05) is 18.8 Å². The summed E-state index contributed by atoms with van der Waals surface area (Å²) in [6.45, 7) is 7.53. The SMILES string of the molecule is CC(C)Cc1ccc([C@H](C)C(=O)N2CCC[C@H]2C(=O)NCCS)cc1. The zero-order valence-electron chi connectivity index (χ0n) is 15.5. The van der Waals surface area contributed by atoms with E-state index in [2.05, 4.69) is 43.9 Å². The Morgan fingerprint density at radius 3 is 2.52 bits per heavy atom. The quantitative estimate of drug-likeness (QED) is 0.733. The van der Waals surface area contributed by atoms with Crippen molar-refractivity contribution >= 4 is 24.4 Å². The van der Waals surface area contributed by atoms with Crippen LogP contribution in [0.3, 0.4) is 0 Å². The Morgan fingerprint density at radius 1 is 1.24 bits per heavy atom. The largest absolute Gasteiger partial charge is 0.353 e. The van der Waals surface area contributed by atoms with Gasteiger partial charge in [-0.3, -0.25) is 9.59 Å². The van der Waals surface area contributed by atoms with Crippen LogP contribution in [-0.2, 0) is 16.0 Å². The molecule has 0 aliphatic carbocycles. The second-order valence-corrected chi connectivity index (χ2v) is 7.71. The van der Waals surface area contributed by atoms with Crippen LogP contribution in [0.1, 0.15) is 50.7 Å². The van der Waals surface area contributed by atoms with Crippen LogP contribution in [0.15, 0.2) is 24.3 Å². The number of nitrogens with zero attached hydrogens (tertiary/aromatic N) is 1. The first-order valence-electron chi connectivity index (χ1n) is 9.22. The molecule has 1 aliphatic heterocycles. The number of benzene rings is 1. The standard InChI is InChI=1S/C20H30N2O2S/c1-14(2)13-16-6-8-17(9-7-16)15(3)20(24)22-11-4-5-18(22)19(23)21-10-12-25/h6-9,14-15,18,25H,4-5,10-13H2,1-3H3,(H,21,23)/t15-,18-/m0/s1. The monoisotopic (exact) mass is 362 g/mol. The van der Waals surface area contributed by atoms with Gasteiger partial charge in [0.05, 0.1) is 5.92 Å². The molecule has 1 aromatic rings. The van der Waals surface area contributed by atoms with Crippen molar-refractivity contribution in [3.8, 4) is 0 Å². The maximum atomic E-state index is 12.9. The molecule has 0 unspecified atom stereocenters. The van der Waals surface area contributed by atoms with E-state index in [1.54, 1.807) is 4.90 Å². The average Bonchev–Trinajstić information content (AvgIpc) is 3.08. The fraction of sp³-hybridized carbons (Fsp3) is 0.600. The number of rotatable bonds is 7. The second kappa shape index (κ2) is 9.27. The highest BCUT2D eigenvalue weighted by atomic mass is 32.1. The summed E-state index contributed by atoms with van der Waals surface area (Å²) in [6.07, 6.45) is 2.66. The van der Waals surface area contributed by atoms with Gasteiger partial charge in [0, 0.05) is 18.8 Å². The molecule has 2 amide bonds. The molecule has 138 valence electrons. The van der Waals surface area contributed by atoms with Crippen molar-refractivity contribution in [1.82, 2.24) is 10.2 Å². The van der Waals surface area contributed by atoms with Gasteiger partial charge in [-0.2, -0.15) is 12.6 Å². The van der Waals surface area contributed by atoms with Gasteiger partial charge in [-0.1, -0.05) is 38.1 Å². The van der Waals surface area contributed by atoms with E-state index >= 15 is 0 Å². The molecule has 5 heteroatoms. The number of carbonyl (C=O) groups is 2. The minimum atomic E-state index is -0.338. The third-order valence-corrected chi connectivity index (χ3v) is 4.97. The molecule has 1 fully saturated rings. The number of amides is 2. The molecule has 1 aliphatic rings. The lowest BCUT2D eigenvalue weighted by Gasteiger charge is -2.27.